The highest BCUT2D eigenvalue weighted by Crippen LogP contribution is 2.25. The summed E-state index contributed by atoms with van der Waals surface area (Å²) in [5.41, 5.74) is 2.38. The van der Waals surface area contributed by atoms with Gasteiger partial charge in [0, 0.05) is 5.56 Å². The normalized spacial score (nSPS) is 20.2. The fourth-order valence-electron chi connectivity index (χ4n) is 3.91. The van der Waals surface area contributed by atoms with E-state index >= 15 is 0 Å². The van der Waals surface area contributed by atoms with E-state index in [4.69, 9.17) is 4.74 Å². The Balaban J connectivity index is 1.44. The highest BCUT2D eigenvalue weighted by molar-refractivity contribution is 6.07. The van der Waals surface area contributed by atoms with E-state index in [1.165, 1.54) is 29.7 Å². The number of ether oxygens (including phenoxy) is 1. The van der Waals surface area contributed by atoms with E-state index in [1.54, 1.807) is 25.1 Å². The number of benzene rings is 2. The van der Waals surface area contributed by atoms with Gasteiger partial charge >= 0.3 is 12.0 Å². The standard InChI is InChI=1S/C23H22N2O5/c1-23(21(28)24-22(29)25-23)18-8-4-7-17(12-18)20(27)30-13-19(26)16-10-9-14-5-2-3-6-15(14)11-16/h4,7-12H,2-3,5-6,13H2,1H3,(H2,24,25,28,29)/t23-/m1/s1. The minimum absolute atomic E-state index is 0.195. The first-order chi connectivity index (χ1) is 14.4. The number of aryl methyl sites for hydroxylation is 2. The molecule has 2 aromatic carbocycles. The van der Waals surface area contributed by atoms with Crippen LogP contribution in [-0.2, 0) is 27.9 Å². The first kappa shape index (κ1) is 19.8. The molecule has 2 aliphatic rings. The van der Waals surface area contributed by atoms with E-state index in [2.05, 4.69) is 10.6 Å². The van der Waals surface area contributed by atoms with E-state index in [0.717, 1.165) is 19.3 Å². The van der Waals surface area contributed by atoms with Crippen LogP contribution >= 0.6 is 0 Å². The molecule has 1 heterocycles. The molecule has 1 saturated heterocycles. The van der Waals surface area contributed by atoms with Crippen molar-refractivity contribution in [3.8, 4) is 0 Å². The van der Waals surface area contributed by atoms with Crippen LogP contribution in [0, 0.1) is 0 Å². The van der Waals surface area contributed by atoms with Crippen molar-refractivity contribution in [3.63, 3.8) is 0 Å². The number of Topliss-reactive ketones (excluding diaryl/α,β-unsaturated/α-hetero) is 1. The lowest BCUT2D eigenvalue weighted by Crippen LogP contribution is -2.40. The van der Waals surface area contributed by atoms with Crippen molar-refractivity contribution in [1.29, 1.82) is 0 Å². The minimum atomic E-state index is -1.27. The highest BCUT2D eigenvalue weighted by Gasteiger charge is 2.43. The summed E-state index contributed by atoms with van der Waals surface area (Å²) in [6.45, 7) is 1.19. The highest BCUT2D eigenvalue weighted by atomic mass is 16.5. The molecule has 30 heavy (non-hydrogen) atoms. The second kappa shape index (κ2) is 7.74. The zero-order valence-electron chi connectivity index (χ0n) is 16.6. The zero-order chi connectivity index (χ0) is 21.3. The average molecular weight is 406 g/mol. The number of fused-ring (bicyclic) bond motifs is 1. The van der Waals surface area contributed by atoms with Crippen molar-refractivity contribution in [2.45, 2.75) is 38.1 Å². The molecule has 0 spiro atoms. The predicted octanol–water partition coefficient (Wildman–Crippen LogP) is 2.66. The summed E-state index contributed by atoms with van der Waals surface area (Å²) >= 11 is 0. The fourth-order valence-corrected chi connectivity index (χ4v) is 3.91. The maximum Gasteiger partial charge on any atom is 0.338 e. The molecule has 7 nitrogen and oxygen atoms in total. The van der Waals surface area contributed by atoms with Gasteiger partial charge in [-0.05, 0) is 67.5 Å². The van der Waals surface area contributed by atoms with Crippen LogP contribution in [0.2, 0.25) is 0 Å². The third kappa shape index (κ3) is 3.70. The Labute approximate surface area is 173 Å². The lowest BCUT2D eigenvalue weighted by Gasteiger charge is -2.21. The van der Waals surface area contributed by atoms with Gasteiger partial charge in [-0.15, -0.1) is 0 Å². The van der Waals surface area contributed by atoms with Crippen molar-refractivity contribution in [1.82, 2.24) is 10.6 Å². The number of imide groups is 1. The molecule has 2 N–H and O–H groups in total. The van der Waals surface area contributed by atoms with Crippen LogP contribution in [0.3, 0.4) is 0 Å². The summed E-state index contributed by atoms with van der Waals surface area (Å²) in [6.07, 6.45) is 4.28. The Kier molecular flexibility index (Phi) is 5.11. The Bertz CT molecular complexity index is 1060. The molecule has 0 saturated carbocycles. The molecular formula is C23H22N2O5. The maximum atomic E-state index is 12.5. The van der Waals surface area contributed by atoms with Gasteiger partial charge in [-0.25, -0.2) is 9.59 Å². The largest absolute Gasteiger partial charge is 0.454 e. The molecule has 1 fully saturated rings. The quantitative estimate of drug-likeness (QED) is 0.452. The van der Waals surface area contributed by atoms with Crippen LogP contribution in [-0.4, -0.2) is 30.3 Å². The number of ketones is 1. The van der Waals surface area contributed by atoms with Gasteiger partial charge < -0.3 is 10.1 Å². The second-order valence-corrected chi connectivity index (χ2v) is 7.80. The molecule has 2 aromatic rings. The average Bonchev–Trinajstić information content (AvgIpc) is 3.03. The van der Waals surface area contributed by atoms with Crippen molar-refractivity contribution in [2.24, 2.45) is 0 Å². The number of amides is 3. The first-order valence-corrected chi connectivity index (χ1v) is 9.93. The molecule has 1 aliphatic heterocycles. The minimum Gasteiger partial charge on any atom is -0.454 e. The molecule has 0 aromatic heterocycles. The van der Waals surface area contributed by atoms with Crippen molar-refractivity contribution >= 4 is 23.7 Å². The van der Waals surface area contributed by atoms with Crippen molar-refractivity contribution < 1.29 is 23.9 Å². The van der Waals surface area contributed by atoms with Gasteiger partial charge in [0.1, 0.15) is 5.54 Å². The summed E-state index contributed by atoms with van der Waals surface area (Å²) in [5, 5.41) is 4.74. The summed E-state index contributed by atoms with van der Waals surface area (Å²) in [7, 11) is 0. The maximum absolute atomic E-state index is 12.5. The lowest BCUT2D eigenvalue weighted by molar-refractivity contribution is -0.123. The number of rotatable bonds is 5. The number of urea groups is 1. The number of carbonyl (C=O) groups is 4. The van der Waals surface area contributed by atoms with Crippen molar-refractivity contribution in [2.75, 3.05) is 6.61 Å². The van der Waals surface area contributed by atoms with E-state index in [9.17, 15) is 19.2 Å². The van der Waals surface area contributed by atoms with E-state index in [0.29, 0.717) is 11.1 Å². The number of esters is 1. The van der Waals surface area contributed by atoms with Gasteiger partial charge in [0.25, 0.3) is 5.91 Å². The SMILES string of the molecule is C[C@]1(c2cccc(C(=O)OCC(=O)c3ccc4c(c3)CCCC4)c2)NC(=O)NC1=O. The molecular weight excluding hydrogens is 384 g/mol. The summed E-state index contributed by atoms with van der Waals surface area (Å²) in [5.74, 6) is -1.43. The molecule has 3 amide bonds. The fraction of sp³-hybridized carbons (Fsp3) is 0.304. The van der Waals surface area contributed by atoms with Crippen LogP contribution in [0.1, 0.15) is 57.2 Å². The molecule has 0 bridgehead atoms. The molecule has 7 heteroatoms. The lowest BCUT2D eigenvalue weighted by atomic mass is 9.90. The van der Waals surface area contributed by atoms with Gasteiger partial charge in [0.15, 0.2) is 12.4 Å². The topological polar surface area (TPSA) is 102 Å². The van der Waals surface area contributed by atoms with Crippen LogP contribution in [0.25, 0.3) is 0 Å². The van der Waals surface area contributed by atoms with Gasteiger partial charge in [0.2, 0.25) is 0 Å². The van der Waals surface area contributed by atoms with Gasteiger partial charge in [-0.1, -0.05) is 24.3 Å². The molecule has 1 atom stereocenters. The van der Waals surface area contributed by atoms with Gasteiger partial charge in [-0.3, -0.25) is 14.9 Å². The number of hydrogen-bond donors (Lipinski definition) is 2. The third-order valence-corrected chi connectivity index (χ3v) is 5.73. The van der Waals surface area contributed by atoms with Crippen LogP contribution in [0.15, 0.2) is 42.5 Å². The Morgan fingerprint density at radius 1 is 1.00 bits per heavy atom. The summed E-state index contributed by atoms with van der Waals surface area (Å²) in [4.78, 5) is 48.6. The number of nitrogens with one attached hydrogen (secondary N) is 2. The van der Waals surface area contributed by atoms with Gasteiger partial charge in [-0.2, -0.15) is 0 Å². The second-order valence-electron chi connectivity index (χ2n) is 7.80. The molecule has 0 unspecified atom stereocenters. The first-order valence-electron chi connectivity index (χ1n) is 9.93. The Morgan fingerprint density at radius 2 is 1.77 bits per heavy atom. The number of carbonyl (C=O) groups excluding carboxylic acids is 4. The predicted molar refractivity (Wildman–Crippen MR) is 108 cm³/mol. The van der Waals surface area contributed by atoms with Crippen LogP contribution in [0.4, 0.5) is 4.79 Å². The molecule has 154 valence electrons. The summed E-state index contributed by atoms with van der Waals surface area (Å²) in [6, 6.07) is 11.3. The van der Waals surface area contributed by atoms with E-state index in [-0.39, 0.29) is 18.0 Å². The van der Waals surface area contributed by atoms with Crippen molar-refractivity contribution in [3.05, 3.63) is 70.3 Å². The monoisotopic (exact) mass is 406 g/mol. The smallest absolute Gasteiger partial charge is 0.338 e. The van der Waals surface area contributed by atoms with Crippen LogP contribution in [0.5, 0.6) is 0 Å². The zero-order valence-corrected chi connectivity index (χ0v) is 16.6. The number of hydrogen-bond acceptors (Lipinski definition) is 5. The summed E-state index contributed by atoms with van der Waals surface area (Å²) < 4.78 is 5.21. The molecule has 0 radical (unpaired) electrons. The van der Waals surface area contributed by atoms with E-state index in [1.807, 2.05) is 12.1 Å². The van der Waals surface area contributed by atoms with Gasteiger partial charge in [0.05, 0.1) is 5.56 Å². The Morgan fingerprint density at radius 3 is 2.50 bits per heavy atom. The van der Waals surface area contributed by atoms with Crippen LogP contribution < -0.4 is 10.6 Å². The van der Waals surface area contributed by atoms with E-state index < -0.39 is 23.4 Å². The molecule has 4 rings (SSSR count). The Hall–Kier alpha value is -3.48. The third-order valence-electron chi connectivity index (χ3n) is 5.73. The molecule has 1 aliphatic carbocycles.